The van der Waals surface area contributed by atoms with Crippen molar-refractivity contribution in [2.24, 2.45) is 10.7 Å². The van der Waals surface area contributed by atoms with Gasteiger partial charge in [0.25, 0.3) is 6.43 Å². The normalized spacial score (nSPS) is 16.6. The molecule has 8 N–H and O–H groups in total. The first kappa shape index (κ1) is 38.7. The second-order valence-corrected chi connectivity index (χ2v) is 9.21. The van der Waals surface area contributed by atoms with Crippen LogP contribution < -0.4 is 27.0 Å². The van der Waals surface area contributed by atoms with Crippen molar-refractivity contribution < 1.29 is 23.7 Å². The summed E-state index contributed by atoms with van der Waals surface area (Å²) in [6, 6.07) is 0. The molecular formula is C27H45Cl2F2N7O3. The SMILES string of the molecule is C=C/C=C(CNC(O)C(NC)N(C)CC)\C(Cl)=C(/CCl)NCN/C(=C/C(=C(\C)OCC(F)F)C(N)O)C(=CC)N=C. The Balaban J connectivity index is 5.96. The molecule has 3 unspecified atom stereocenters. The minimum Gasteiger partial charge on any atom is -0.492 e. The number of rotatable bonds is 21. The fourth-order valence-electron chi connectivity index (χ4n) is 3.49. The molecule has 0 heterocycles. The molecule has 0 aliphatic carbocycles. The van der Waals surface area contributed by atoms with Gasteiger partial charge in [-0.25, -0.2) is 8.78 Å². The van der Waals surface area contributed by atoms with Gasteiger partial charge in [-0.3, -0.25) is 15.2 Å². The molecule has 0 aromatic rings. The van der Waals surface area contributed by atoms with Crippen molar-refractivity contribution in [3.63, 3.8) is 0 Å². The number of alkyl halides is 3. The summed E-state index contributed by atoms with van der Waals surface area (Å²) in [5.41, 5.74) is 7.59. The number of aliphatic hydroxyl groups excluding tert-OH is 2. The van der Waals surface area contributed by atoms with Gasteiger partial charge in [0.2, 0.25) is 0 Å². The number of nitrogens with zero attached hydrogens (tertiary/aromatic N) is 2. The second-order valence-electron chi connectivity index (χ2n) is 8.57. The van der Waals surface area contributed by atoms with E-state index >= 15 is 0 Å². The largest absolute Gasteiger partial charge is 0.492 e. The quantitative estimate of drug-likeness (QED) is 0.0338. The van der Waals surface area contributed by atoms with Gasteiger partial charge in [-0.1, -0.05) is 43.3 Å². The monoisotopic (exact) mass is 623 g/mol. The van der Waals surface area contributed by atoms with Crippen LogP contribution in [-0.4, -0.2) is 93.2 Å². The molecule has 0 bridgehead atoms. The van der Waals surface area contributed by atoms with Gasteiger partial charge in [0.15, 0.2) is 0 Å². The number of hydrogen-bond acceptors (Lipinski definition) is 10. The van der Waals surface area contributed by atoms with E-state index in [9.17, 15) is 19.0 Å². The van der Waals surface area contributed by atoms with Crippen LogP contribution in [0.4, 0.5) is 8.78 Å². The Hall–Kier alpha value is -2.29. The van der Waals surface area contributed by atoms with Crippen LogP contribution in [0.15, 0.2) is 74.9 Å². The lowest BCUT2D eigenvalue weighted by Gasteiger charge is -2.31. The second kappa shape index (κ2) is 21.4. The molecule has 14 heteroatoms. The van der Waals surface area contributed by atoms with Crippen molar-refractivity contribution in [3.8, 4) is 0 Å². The van der Waals surface area contributed by atoms with Crippen molar-refractivity contribution in [2.45, 2.75) is 45.8 Å². The number of likely N-dealkylation sites (N-methyl/N-ethyl adjacent to an activating group) is 2. The van der Waals surface area contributed by atoms with Crippen LogP contribution >= 0.6 is 23.2 Å². The lowest BCUT2D eigenvalue weighted by atomic mass is 10.1. The van der Waals surface area contributed by atoms with E-state index in [4.69, 9.17) is 33.7 Å². The third kappa shape index (κ3) is 14.0. The first-order chi connectivity index (χ1) is 19.4. The lowest BCUT2D eigenvalue weighted by Crippen LogP contribution is -2.55. The summed E-state index contributed by atoms with van der Waals surface area (Å²) in [4.78, 5) is 5.91. The summed E-state index contributed by atoms with van der Waals surface area (Å²) in [7, 11) is 3.64. The van der Waals surface area contributed by atoms with Crippen molar-refractivity contribution >= 4 is 29.9 Å². The molecule has 0 saturated heterocycles. The standard InChI is InChI=1S/C27H45Cl2F2N7O3/c1-8-11-18(14-35-27(40)26(34-6)38(7)10-3)24(29)22(13-28)37-16-36-21(20(9-2)33-5)12-19(25(32)39)17(4)41-15-23(30)31/h8-9,11-12,23,25-27,34-37,39-40H,1,5,10,13-16,32H2,2-4,6-7H3/b18-11-,19-17-,20-9?,21-12+,24-22-. The maximum Gasteiger partial charge on any atom is 0.272 e. The minimum atomic E-state index is -2.70. The molecule has 0 fully saturated rings. The summed E-state index contributed by atoms with van der Waals surface area (Å²) in [6.45, 7) is 12.6. The molecule has 41 heavy (non-hydrogen) atoms. The highest BCUT2D eigenvalue weighted by molar-refractivity contribution is 6.33. The Kier molecular flexibility index (Phi) is 20.2. The molecule has 0 spiro atoms. The molecular weight excluding hydrogens is 579 g/mol. The molecule has 0 aliphatic heterocycles. The summed E-state index contributed by atoms with van der Waals surface area (Å²) in [6.07, 6.45) is 0.927. The van der Waals surface area contributed by atoms with Gasteiger partial charge in [0, 0.05) is 17.8 Å². The van der Waals surface area contributed by atoms with Crippen LogP contribution in [0.1, 0.15) is 20.8 Å². The maximum atomic E-state index is 12.6. The summed E-state index contributed by atoms with van der Waals surface area (Å²) in [5.74, 6) is 0.0496. The zero-order valence-corrected chi connectivity index (χ0v) is 25.9. The van der Waals surface area contributed by atoms with Gasteiger partial charge >= 0.3 is 0 Å². The number of allylic oxidation sites excluding steroid dienone is 5. The number of halogens is 4. The van der Waals surface area contributed by atoms with Gasteiger partial charge in [-0.2, -0.15) is 0 Å². The van der Waals surface area contributed by atoms with E-state index in [-0.39, 0.29) is 36.6 Å². The number of aliphatic hydroxyl groups is 2. The van der Waals surface area contributed by atoms with Gasteiger partial charge in [0.05, 0.1) is 35.1 Å². The van der Waals surface area contributed by atoms with Crippen LogP contribution in [-0.2, 0) is 4.74 Å². The number of ether oxygens (including phenoxy) is 1. The minimum absolute atomic E-state index is 0.0241. The fourth-order valence-corrected chi connectivity index (χ4v) is 4.05. The molecule has 0 amide bonds. The first-order valence-electron chi connectivity index (χ1n) is 12.9. The smallest absolute Gasteiger partial charge is 0.272 e. The predicted octanol–water partition coefficient (Wildman–Crippen LogP) is 2.65. The average Bonchev–Trinajstić information content (AvgIpc) is 2.94. The number of nitrogens with one attached hydrogen (secondary N) is 4. The van der Waals surface area contributed by atoms with Gasteiger partial charge in [-0.15, -0.1) is 11.6 Å². The highest BCUT2D eigenvalue weighted by Gasteiger charge is 2.21. The Bertz CT molecular complexity index is 986. The molecule has 234 valence electrons. The third-order valence-electron chi connectivity index (χ3n) is 5.82. The summed E-state index contributed by atoms with van der Waals surface area (Å²) in [5, 5.41) is 33.3. The van der Waals surface area contributed by atoms with E-state index < -0.39 is 25.5 Å². The Morgan fingerprint density at radius 3 is 2.39 bits per heavy atom. The van der Waals surface area contributed by atoms with Crippen molar-refractivity contribution in [3.05, 3.63) is 69.9 Å². The third-order valence-corrected chi connectivity index (χ3v) is 6.56. The molecule has 0 saturated carbocycles. The molecule has 0 aliphatic rings. The van der Waals surface area contributed by atoms with Crippen LogP contribution in [0, 0.1) is 0 Å². The Morgan fingerprint density at radius 2 is 1.93 bits per heavy atom. The summed E-state index contributed by atoms with van der Waals surface area (Å²) >= 11 is 12.9. The highest BCUT2D eigenvalue weighted by Crippen LogP contribution is 2.20. The summed E-state index contributed by atoms with van der Waals surface area (Å²) < 4.78 is 30.3. The van der Waals surface area contributed by atoms with Crippen molar-refractivity contribution in [1.82, 2.24) is 26.2 Å². The average molecular weight is 625 g/mol. The molecule has 0 rings (SSSR count). The van der Waals surface area contributed by atoms with Crippen molar-refractivity contribution in [1.29, 1.82) is 0 Å². The Morgan fingerprint density at radius 1 is 1.27 bits per heavy atom. The van der Waals surface area contributed by atoms with E-state index in [0.717, 1.165) is 6.54 Å². The molecule has 0 radical (unpaired) electrons. The van der Waals surface area contributed by atoms with Crippen LogP contribution in [0.5, 0.6) is 0 Å². The van der Waals surface area contributed by atoms with E-state index in [1.165, 1.54) is 13.0 Å². The molecule has 10 nitrogen and oxygen atoms in total. The topological polar surface area (TPSA) is 139 Å². The molecule has 0 aromatic carbocycles. The van der Waals surface area contributed by atoms with Crippen LogP contribution in [0.2, 0.25) is 0 Å². The van der Waals surface area contributed by atoms with Gasteiger partial charge in [-0.05, 0) is 52.9 Å². The van der Waals surface area contributed by atoms with E-state index in [1.807, 2.05) is 18.9 Å². The van der Waals surface area contributed by atoms with Gasteiger partial charge in [0.1, 0.15) is 24.8 Å². The lowest BCUT2D eigenvalue weighted by molar-refractivity contribution is 0.0292. The fraction of sp³-hybridized carbons (Fsp3) is 0.519. The molecule has 3 atom stereocenters. The van der Waals surface area contributed by atoms with Gasteiger partial charge < -0.3 is 36.6 Å². The zero-order chi connectivity index (χ0) is 31.5. The first-order valence-corrected chi connectivity index (χ1v) is 13.8. The molecule has 0 aromatic heterocycles. The van der Waals surface area contributed by atoms with Crippen molar-refractivity contribution in [2.75, 3.05) is 46.3 Å². The highest BCUT2D eigenvalue weighted by atomic mass is 35.5. The predicted molar refractivity (Wildman–Crippen MR) is 164 cm³/mol. The maximum absolute atomic E-state index is 12.6. The van der Waals surface area contributed by atoms with Crippen LogP contribution in [0.3, 0.4) is 0 Å². The number of nitrogens with two attached hydrogens (primary N) is 1. The Labute approximate surface area is 252 Å². The number of hydrogen-bond donors (Lipinski definition) is 7. The number of aliphatic imine (C=N–C) groups is 1. The van der Waals surface area contributed by atoms with Crippen LogP contribution in [0.25, 0.3) is 0 Å². The van der Waals surface area contributed by atoms with E-state index in [2.05, 4.69) is 39.6 Å². The zero-order valence-electron chi connectivity index (χ0n) is 24.4. The van der Waals surface area contributed by atoms with E-state index in [1.54, 1.807) is 32.2 Å². The van der Waals surface area contributed by atoms with E-state index in [0.29, 0.717) is 27.7 Å².